The molecule has 4 rings (SSSR count). The number of rotatable bonds is 6. The number of carbonyl (C=O) groups is 1. The van der Waals surface area contributed by atoms with Gasteiger partial charge in [-0.2, -0.15) is 0 Å². The molecular weight excluding hydrogens is 378 g/mol. The van der Waals surface area contributed by atoms with Gasteiger partial charge >= 0.3 is 0 Å². The van der Waals surface area contributed by atoms with Crippen LogP contribution in [-0.4, -0.2) is 21.1 Å². The van der Waals surface area contributed by atoms with E-state index < -0.39 is 0 Å². The summed E-state index contributed by atoms with van der Waals surface area (Å²) in [5.41, 5.74) is 1.86. The minimum atomic E-state index is -0.266. The monoisotopic (exact) mass is 397 g/mol. The van der Waals surface area contributed by atoms with Gasteiger partial charge in [0, 0.05) is 22.9 Å². The van der Waals surface area contributed by atoms with E-state index in [4.69, 9.17) is 21.6 Å². The minimum Gasteiger partial charge on any atom is -0.351 e. The number of nitrogens with zero attached hydrogens (tertiary/aromatic N) is 2. The third-order valence-corrected chi connectivity index (χ3v) is 6.07. The van der Waals surface area contributed by atoms with Gasteiger partial charge < -0.3 is 5.32 Å². The SMILES string of the molecule is CC(Sc1nc(C2CC2)nc2ccccc12)C(=O)NCc1ccccc1Cl. The number of para-hydroxylation sites is 1. The molecule has 0 saturated heterocycles. The van der Waals surface area contributed by atoms with Crippen LogP contribution in [-0.2, 0) is 11.3 Å². The van der Waals surface area contributed by atoms with E-state index in [-0.39, 0.29) is 11.2 Å². The summed E-state index contributed by atoms with van der Waals surface area (Å²) in [4.78, 5) is 22.0. The summed E-state index contributed by atoms with van der Waals surface area (Å²) >= 11 is 7.65. The normalized spacial score (nSPS) is 14.9. The molecule has 0 aliphatic heterocycles. The molecule has 3 aromatic rings. The lowest BCUT2D eigenvalue weighted by atomic mass is 10.2. The van der Waals surface area contributed by atoms with Crippen molar-refractivity contribution in [1.82, 2.24) is 15.3 Å². The molecule has 2 aromatic carbocycles. The highest BCUT2D eigenvalue weighted by Crippen LogP contribution is 2.40. The van der Waals surface area contributed by atoms with Gasteiger partial charge in [0.1, 0.15) is 10.9 Å². The number of fused-ring (bicyclic) bond motifs is 1. The lowest BCUT2D eigenvalue weighted by Gasteiger charge is -2.14. The van der Waals surface area contributed by atoms with E-state index in [0.717, 1.165) is 40.2 Å². The average Bonchev–Trinajstić information content (AvgIpc) is 3.52. The standard InChI is InChI=1S/C21H20ClN3OS/c1-13(20(26)23-12-15-6-2-4-8-17(15)22)27-21-16-7-3-5-9-18(16)24-19(25-21)14-10-11-14/h2-9,13-14H,10-12H2,1H3,(H,23,26). The summed E-state index contributed by atoms with van der Waals surface area (Å²) in [5.74, 6) is 1.34. The molecule has 6 heteroatoms. The molecule has 0 bridgehead atoms. The Kier molecular flexibility index (Phi) is 5.32. The maximum atomic E-state index is 12.6. The van der Waals surface area contributed by atoms with Crippen molar-refractivity contribution in [2.45, 2.75) is 42.5 Å². The minimum absolute atomic E-state index is 0.0319. The van der Waals surface area contributed by atoms with E-state index in [9.17, 15) is 4.79 Å². The second kappa shape index (κ2) is 7.87. The zero-order chi connectivity index (χ0) is 18.8. The number of carbonyl (C=O) groups excluding carboxylic acids is 1. The molecule has 0 spiro atoms. The van der Waals surface area contributed by atoms with Crippen molar-refractivity contribution < 1.29 is 4.79 Å². The largest absolute Gasteiger partial charge is 0.351 e. The quantitative estimate of drug-likeness (QED) is 0.472. The zero-order valence-electron chi connectivity index (χ0n) is 15.0. The van der Waals surface area contributed by atoms with E-state index in [0.29, 0.717) is 17.5 Å². The molecule has 1 N–H and O–H groups in total. The van der Waals surface area contributed by atoms with Crippen molar-refractivity contribution in [3.8, 4) is 0 Å². The third-order valence-electron chi connectivity index (χ3n) is 4.60. The molecule has 1 saturated carbocycles. The maximum absolute atomic E-state index is 12.6. The first-order chi connectivity index (χ1) is 13.1. The number of aromatic nitrogens is 2. The number of hydrogen-bond donors (Lipinski definition) is 1. The second-order valence-corrected chi connectivity index (χ2v) is 8.48. The van der Waals surface area contributed by atoms with Crippen molar-refractivity contribution in [2.75, 3.05) is 0 Å². The number of thioether (sulfide) groups is 1. The number of nitrogens with one attached hydrogen (secondary N) is 1. The van der Waals surface area contributed by atoms with E-state index in [2.05, 4.69) is 5.32 Å². The van der Waals surface area contributed by atoms with Gasteiger partial charge in [0.15, 0.2) is 0 Å². The summed E-state index contributed by atoms with van der Waals surface area (Å²) in [6.45, 7) is 2.32. The van der Waals surface area contributed by atoms with Crippen LogP contribution in [0.3, 0.4) is 0 Å². The Bertz CT molecular complexity index is 990. The van der Waals surface area contributed by atoms with Crippen molar-refractivity contribution >= 4 is 40.2 Å². The van der Waals surface area contributed by atoms with Gasteiger partial charge in [-0.05, 0) is 37.5 Å². The molecule has 1 amide bonds. The van der Waals surface area contributed by atoms with Crippen LogP contribution in [0.4, 0.5) is 0 Å². The summed E-state index contributed by atoms with van der Waals surface area (Å²) < 4.78 is 0. The van der Waals surface area contributed by atoms with Gasteiger partial charge in [0.2, 0.25) is 5.91 Å². The molecule has 1 fully saturated rings. The van der Waals surface area contributed by atoms with Gasteiger partial charge in [-0.15, -0.1) is 0 Å². The molecule has 1 atom stereocenters. The second-order valence-electron chi connectivity index (χ2n) is 6.75. The Morgan fingerprint density at radius 1 is 1.19 bits per heavy atom. The van der Waals surface area contributed by atoms with Crippen LogP contribution in [0.1, 0.15) is 37.1 Å². The Morgan fingerprint density at radius 3 is 2.70 bits per heavy atom. The maximum Gasteiger partial charge on any atom is 0.233 e. The van der Waals surface area contributed by atoms with Gasteiger partial charge in [-0.3, -0.25) is 4.79 Å². The molecule has 1 unspecified atom stereocenters. The summed E-state index contributed by atoms with van der Waals surface area (Å²) in [6, 6.07) is 15.5. The lowest BCUT2D eigenvalue weighted by Crippen LogP contribution is -2.30. The fourth-order valence-electron chi connectivity index (χ4n) is 2.87. The summed E-state index contributed by atoms with van der Waals surface area (Å²) in [7, 11) is 0. The molecule has 4 nitrogen and oxygen atoms in total. The van der Waals surface area contributed by atoms with Crippen LogP contribution in [0.2, 0.25) is 5.02 Å². The number of hydrogen-bond acceptors (Lipinski definition) is 4. The lowest BCUT2D eigenvalue weighted by molar-refractivity contribution is -0.120. The van der Waals surface area contributed by atoms with E-state index >= 15 is 0 Å². The fraction of sp³-hybridized carbons (Fsp3) is 0.286. The highest BCUT2D eigenvalue weighted by atomic mass is 35.5. The Morgan fingerprint density at radius 2 is 1.93 bits per heavy atom. The number of benzene rings is 2. The van der Waals surface area contributed by atoms with E-state index in [1.54, 1.807) is 0 Å². The molecule has 27 heavy (non-hydrogen) atoms. The highest BCUT2D eigenvalue weighted by Gasteiger charge is 2.28. The molecule has 1 aliphatic carbocycles. The van der Waals surface area contributed by atoms with Crippen molar-refractivity contribution in [3.05, 3.63) is 64.9 Å². The van der Waals surface area contributed by atoms with Gasteiger partial charge in [0.05, 0.1) is 10.8 Å². The van der Waals surface area contributed by atoms with E-state index in [1.165, 1.54) is 11.8 Å². The Balaban J connectivity index is 1.49. The fourth-order valence-corrected chi connectivity index (χ4v) is 4.04. The van der Waals surface area contributed by atoms with Gasteiger partial charge in [-0.25, -0.2) is 9.97 Å². The summed E-state index contributed by atoms with van der Waals surface area (Å²) in [5, 5.41) is 5.24. The third kappa shape index (κ3) is 4.25. The first-order valence-electron chi connectivity index (χ1n) is 9.06. The Labute approximate surface area is 167 Å². The molecule has 1 aliphatic rings. The van der Waals surface area contributed by atoms with Crippen LogP contribution in [0.15, 0.2) is 53.6 Å². The zero-order valence-corrected chi connectivity index (χ0v) is 16.6. The molecule has 0 radical (unpaired) electrons. The molecule has 138 valence electrons. The van der Waals surface area contributed by atoms with Crippen LogP contribution in [0.25, 0.3) is 10.9 Å². The highest BCUT2D eigenvalue weighted by molar-refractivity contribution is 8.00. The van der Waals surface area contributed by atoms with Gasteiger partial charge in [-0.1, -0.05) is 59.8 Å². The van der Waals surface area contributed by atoms with Crippen molar-refractivity contribution in [2.24, 2.45) is 0 Å². The number of halogens is 1. The first-order valence-corrected chi connectivity index (χ1v) is 10.3. The van der Waals surface area contributed by atoms with E-state index in [1.807, 2.05) is 55.5 Å². The van der Waals surface area contributed by atoms with Crippen molar-refractivity contribution in [1.29, 1.82) is 0 Å². The van der Waals surface area contributed by atoms with Crippen LogP contribution in [0, 0.1) is 0 Å². The van der Waals surface area contributed by atoms with Crippen LogP contribution < -0.4 is 5.32 Å². The predicted octanol–water partition coefficient (Wildman–Crippen LogP) is 4.96. The van der Waals surface area contributed by atoms with Gasteiger partial charge in [0.25, 0.3) is 0 Å². The summed E-state index contributed by atoms with van der Waals surface area (Å²) in [6.07, 6.45) is 2.30. The smallest absolute Gasteiger partial charge is 0.233 e. The molecule has 1 aromatic heterocycles. The van der Waals surface area contributed by atoms with Crippen LogP contribution in [0.5, 0.6) is 0 Å². The molecular formula is C21H20ClN3OS. The van der Waals surface area contributed by atoms with Crippen LogP contribution >= 0.6 is 23.4 Å². The first kappa shape index (κ1) is 18.3. The Hall–Kier alpha value is -2.11. The number of amides is 1. The predicted molar refractivity (Wildman–Crippen MR) is 110 cm³/mol. The molecule has 1 heterocycles. The average molecular weight is 398 g/mol. The van der Waals surface area contributed by atoms with Crippen molar-refractivity contribution in [3.63, 3.8) is 0 Å². The topological polar surface area (TPSA) is 54.9 Å².